The molecular weight excluding hydrogens is 173 g/mol. The van der Waals surface area contributed by atoms with Gasteiger partial charge in [-0.3, -0.25) is 0 Å². The maximum atomic E-state index is 12.8. The summed E-state index contributed by atoms with van der Waals surface area (Å²) >= 11 is 0. The fourth-order valence-electron chi connectivity index (χ4n) is 1.03. The van der Waals surface area contributed by atoms with Gasteiger partial charge in [-0.2, -0.15) is 0 Å². The lowest BCUT2D eigenvalue weighted by Crippen LogP contribution is -2.44. The highest BCUT2D eigenvalue weighted by Gasteiger charge is 2.25. The van der Waals surface area contributed by atoms with Crippen molar-refractivity contribution < 1.29 is 14.6 Å². The maximum absolute atomic E-state index is 12.8. The third kappa shape index (κ3) is 2.03. The molecule has 0 saturated carbocycles. The zero-order chi connectivity index (χ0) is 9.90. The molecule has 72 valence electrons. The monoisotopic (exact) mass is 185 g/mol. The fourth-order valence-corrected chi connectivity index (χ4v) is 1.03. The lowest BCUT2D eigenvalue weighted by molar-refractivity contribution is 0.121. The van der Waals surface area contributed by atoms with Crippen molar-refractivity contribution in [2.24, 2.45) is 5.73 Å². The Morgan fingerprint density at radius 1 is 1.31 bits per heavy atom. The number of hydrogen-bond donors (Lipinski definition) is 3. The van der Waals surface area contributed by atoms with Gasteiger partial charge in [0.2, 0.25) is 0 Å². The van der Waals surface area contributed by atoms with Gasteiger partial charge in [-0.15, -0.1) is 0 Å². The molecule has 0 spiro atoms. The molecular formula is C9H12FNO2. The average molecular weight is 185 g/mol. The van der Waals surface area contributed by atoms with Crippen molar-refractivity contribution in [2.75, 3.05) is 13.2 Å². The summed E-state index contributed by atoms with van der Waals surface area (Å²) in [5.41, 5.74) is 4.74. The summed E-state index contributed by atoms with van der Waals surface area (Å²) in [6.45, 7) is -0.847. The normalized spacial score (nSPS) is 11.7. The summed E-state index contributed by atoms with van der Waals surface area (Å²) < 4.78 is 12.8. The van der Waals surface area contributed by atoms with E-state index in [1.807, 2.05) is 0 Å². The van der Waals surface area contributed by atoms with E-state index in [1.165, 1.54) is 18.2 Å². The van der Waals surface area contributed by atoms with Crippen LogP contribution in [0.5, 0.6) is 0 Å². The number of halogens is 1. The lowest BCUT2D eigenvalue weighted by Gasteiger charge is -2.24. The average Bonchev–Trinajstić information content (AvgIpc) is 2.17. The van der Waals surface area contributed by atoms with E-state index >= 15 is 0 Å². The second-order valence-corrected chi connectivity index (χ2v) is 2.98. The van der Waals surface area contributed by atoms with Crippen molar-refractivity contribution in [3.8, 4) is 0 Å². The van der Waals surface area contributed by atoms with E-state index in [9.17, 15) is 4.39 Å². The van der Waals surface area contributed by atoms with Crippen molar-refractivity contribution >= 4 is 0 Å². The summed E-state index contributed by atoms with van der Waals surface area (Å²) in [5, 5.41) is 17.8. The molecule has 0 heterocycles. The molecule has 1 rings (SSSR count). The van der Waals surface area contributed by atoms with Gasteiger partial charge in [0.15, 0.2) is 0 Å². The molecule has 0 aliphatic carbocycles. The predicted molar refractivity (Wildman–Crippen MR) is 46.4 cm³/mol. The van der Waals surface area contributed by atoms with Crippen molar-refractivity contribution in [2.45, 2.75) is 5.54 Å². The van der Waals surface area contributed by atoms with Crippen LogP contribution in [0.15, 0.2) is 24.3 Å². The van der Waals surface area contributed by atoms with Crippen LogP contribution in [0.4, 0.5) is 4.39 Å². The molecule has 0 aromatic heterocycles. The smallest absolute Gasteiger partial charge is 0.123 e. The molecule has 0 amide bonds. The first-order valence-electron chi connectivity index (χ1n) is 3.89. The van der Waals surface area contributed by atoms with E-state index in [1.54, 1.807) is 6.07 Å². The Morgan fingerprint density at radius 2 is 1.92 bits per heavy atom. The number of nitrogens with two attached hydrogens (primary N) is 1. The Bertz CT molecular complexity index is 287. The van der Waals surface area contributed by atoms with E-state index in [4.69, 9.17) is 15.9 Å². The van der Waals surface area contributed by atoms with Gasteiger partial charge in [-0.05, 0) is 17.7 Å². The SMILES string of the molecule is NC(CO)(CO)c1cccc(F)c1. The molecule has 3 nitrogen and oxygen atoms in total. The molecule has 0 aliphatic rings. The lowest BCUT2D eigenvalue weighted by atomic mass is 9.93. The van der Waals surface area contributed by atoms with E-state index in [0.717, 1.165) is 0 Å². The highest BCUT2D eigenvalue weighted by molar-refractivity contribution is 5.25. The Kier molecular flexibility index (Phi) is 2.98. The summed E-state index contributed by atoms with van der Waals surface area (Å²) in [5.74, 6) is -0.436. The zero-order valence-corrected chi connectivity index (χ0v) is 7.07. The van der Waals surface area contributed by atoms with E-state index in [0.29, 0.717) is 5.56 Å². The van der Waals surface area contributed by atoms with Crippen LogP contribution in [0.25, 0.3) is 0 Å². The quantitative estimate of drug-likeness (QED) is 0.619. The first-order chi connectivity index (χ1) is 6.12. The van der Waals surface area contributed by atoms with Crippen molar-refractivity contribution in [3.05, 3.63) is 35.6 Å². The van der Waals surface area contributed by atoms with Crippen LogP contribution in [0.1, 0.15) is 5.56 Å². The number of aliphatic hydroxyl groups is 2. The summed E-state index contributed by atoms with van der Waals surface area (Å²) in [7, 11) is 0. The first-order valence-corrected chi connectivity index (χ1v) is 3.89. The van der Waals surface area contributed by atoms with Gasteiger partial charge in [0.1, 0.15) is 5.82 Å². The molecule has 1 aromatic rings. The zero-order valence-electron chi connectivity index (χ0n) is 7.07. The molecule has 0 bridgehead atoms. The van der Waals surface area contributed by atoms with Gasteiger partial charge < -0.3 is 15.9 Å². The van der Waals surface area contributed by atoms with Crippen LogP contribution in [-0.2, 0) is 5.54 Å². The standard InChI is InChI=1S/C9H12FNO2/c10-8-3-1-2-7(4-8)9(11,5-12)6-13/h1-4,12-13H,5-6,11H2. The third-order valence-corrected chi connectivity index (χ3v) is 1.96. The van der Waals surface area contributed by atoms with Crippen LogP contribution < -0.4 is 5.73 Å². The number of benzene rings is 1. The van der Waals surface area contributed by atoms with Gasteiger partial charge >= 0.3 is 0 Å². The van der Waals surface area contributed by atoms with E-state index in [-0.39, 0.29) is 0 Å². The molecule has 0 aliphatic heterocycles. The molecule has 0 saturated heterocycles. The summed E-state index contributed by atoms with van der Waals surface area (Å²) in [4.78, 5) is 0. The molecule has 1 aromatic carbocycles. The molecule has 0 unspecified atom stereocenters. The molecule has 0 fully saturated rings. The van der Waals surface area contributed by atoms with Crippen LogP contribution in [0, 0.1) is 5.82 Å². The van der Waals surface area contributed by atoms with Gasteiger partial charge in [0.05, 0.1) is 18.8 Å². The van der Waals surface area contributed by atoms with Crippen molar-refractivity contribution in [1.82, 2.24) is 0 Å². The van der Waals surface area contributed by atoms with Gasteiger partial charge in [-0.1, -0.05) is 12.1 Å². The predicted octanol–water partition coefficient (Wildman–Crippen LogP) is -0.0357. The van der Waals surface area contributed by atoms with Crippen LogP contribution in [0.3, 0.4) is 0 Å². The minimum atomic E-state index is -1.26. The Morgan fingerprint density at radius 3 is 2.38 bits per heavy atom. The van der Waals surface area contributed by atoms with Gasteiger partial charge in [0.25, 0.3) is 0 Å². The Hall–Kier alpha value is -0.970. The summed E-state index contributed by atoms with van der Waals surface area (Å²) in [6.07, 6.45) is 0. The minimum Gasteiger partial charge on any atom is -0.394 e. The minimum absolute atomic E-state index is 0.387. The second-order valence-electron chi connectivity index (χ2n) is 2.98. The van der Waals surface area contributed by atoms with Crippen molar-refractivity contribution in [3.63, 3.8) is 0 Å². The highest BCUT2D eigenvalue weighted by Crippen LogP contribution is 2.17. The van der Waals surface area contributed by atoms with Crippen molar-refractivity contribution in [1.29, 1.82) is 0 Å². The first kappa shape index (κ1) is 10.1. The van der Waals surface area contributed by atoms with Crippen LogP contribution in [0.2, 0.25) is 0 Å². The number of rotatable bonds is 3. The van der Waals surface area contributed by atoms with Gasteiger partial charge in [-0.25, -0.2) is 4.39 Å². The van der Waals surface area contributed by atoms with E-state index < -0.39 is 24.6 Å². The largest absolute Gasteiger partial charge is 0.394 e. The Labute approximate surface area is 75.6 Å². The second kappa shape index (κ2) is 3.83. The molecule has 0 atom stereocenters. The number of hydrogen-bond acceptors (Lipinski definition) is 3. The topological polar surface area (TPSA) is 66.5 Å². The van der Waals surface area contributed by atoms with Gasteiger partial charge in [0, 0.05) is 0 Å². The third-order valence-electron chi connectivity index (χ3n) is 1.96. The highest BCUT2D eigenvalue weighted by atomic mass is 19.1. The molecule has 13 heavy (non-hydrogen) atoms. The Balaban J connectivity index is 3.05. The summed E-state index contributed by atoms with van der Waals surface area (Å²) in [6, 6.07) is 5.53. The molecule has 4 heteroatoms. The molecule has 0 radical (unpaired) electrons. The number of aliphatic hydroxyl groups excluding tert-OH is 2. The van der Waals surface area contributed by atoms with Crippen LogP contribution in [-0.4, -0.2) is 23.4 Å². The van der Waals surface area contributed by atoms with Crippen LogP contribution >= 0.6 is 0 Å². The fraction of sp³-hybridized carbons (Fsp3) is 0.333. The van der Waals surface area contributed by atoms with E-state index in [2.05, 4.69) is 0 Å². The maximum Gasteiger partial charge on any atom is 0.123 e. The molecule has 4 N–H and O–H groups in total.